The van der Waals surface area contributed by atoms with Crippen LogP contribution in [0.2, 0.25) is 0 Å². The molecular formula is C23H46O6. The van der Waals surface area contributed by atoms with Gasteiger partial charge in [0.2, 0.25) is 0 Å². The Morgan fingerprint density at radius 1 is 0.862 bits per heavy atom. The van der Waals surface area contributed by atoms with Crippen molar-refractivity contribution < 1.29 is 30.3 Å². The number of aliphatic hydroxyl groups excluding tert-OH is 4. The second kappa shape index (κ2) is 21.8. The first-order chi connectivity index (χ1) is 13.8. The highest BCUT2D eigenvalue weighted by molar-refractivity contribution is 5.66. The fourth-order valence-corrected chi connectivity index (χ4v) is 2.51. The summed E-state index contributed by atoms with van der Waals surface area (Å²) in [5.74, 6) is -0.689. The van der Waals surface area contributed by atoms with Gasteiger partial charge in [0.15, 0.2) is 0 Å². The van der Waals surface area contributed by atoms with Crippen LogP contribution in [-0.4, -0.2) is 57.4 Å². The highest BCUT2D eigenvalue weighted by atomic mass is 16.4. The van der Waals surface area contributed by atoms with E-state index in [-0.39, 0.29) is 25.9 Å². The van der Waals surface area contributed by atoms with Gasteiger partial charge in [0.1, 0.15) is 0 Å². The van der Waals surface area contributed by atoms with Crippen LogP contribution in [0.3, 0.4) is 0 Å². The normalized spacial score (nSPS) is 12.6. The topological polar surface area (TPSA) is 118 Å². The molecule has 0 aromatic heterocycles. The summed E-state index contributed by atoms with van der Waals surface area (Å²) < 4.78 is 0. The zero-order valence-electron chi connectivity index (χ0n) is 18.7. The third-order valence-electron chi connectivity index (χ3n) is 4.87. The van der Waals surface area contributed by atoms with Gasteiger partial charge < -0.3 is 25.5 Å². The molecule has 0 radical (unpaired) electrons. The molecule has 0 spiro atoms. The third kappa shape index (κ3) is 23.2. The Labute approximate surface area is 177 Å². The van der Waals surface area contributed by atoms with Crippen LogP contribution in [-0.2, 0) is 4.79 Å². The molecule has 0 saturated heterocycles. The lowest BCUT2D eigenvalue weighted by Gasteiger charge is -2.20. The van der Waals surface area contributed by atoms with E-state index in [0.29, 0.717) is 6.42 Å². The Morgan fingerprint density at radius 3 is 1.93 bits per heavy atom. The number of carboxylic acid groups (broad SMARTS) is 1. The van der Waals surface area contributed by atoms with Crippen LogP contribution in [0.25, 0.3) is 0 Å². The quantitative estimate of drug-likeness (QED) is 0.169. The van der Waals surface area contributed by atoms with Gasteiger partial charge >= 0.3 is 5.97 Å². The van der Waals surface area contributed by atoms with E-state index in [1.54, 1.807) is 6.92 Å². The molecular weight excluding hydrogens is 372 g/mol. The molecule has 0 heterocycles. The molecule has 0 aliphatic carbocycles. The highest BCUT2D eigenvalue weighted by Gasteiger charge is 2.20. The van der Waals surface area contributed by atoms with Crippen LogP contribution in [0, 0.1) is 5.41 Å². The molecule has 174 valence electrons. The lowest BCUT2D eigenvalue weighted by molar-refractivity contribution is -0.137. The van der Waals surface area contributed by atoms with E-state index in [1.807, 2.05) is 0 Å². The summed E-state index contributed by atoms with van der Waals surface area (Å²) in [6.07, 6.45) is 17.4. The van der Waals surface area contributed by atoms with E-state index in [0.717, 1.165) is 51.4 Å². The summed E-state index contributed by atoms with van der Waals surface area (Å²) in [6, 6.07) is 0. The molecule has 0 amide bonds. The van der Waals surface area contributed by atoms with Crippen LogP contribution in [0.5, 0.6) is 0 Å². The van der Waals surface area contributed by atoms with Crippen molar-refractivity contribution in [3.8, 4) is 0 Å². The van der Waals surface area contributed by atoms with Gasteiger partial charge in [-0.05, 0) is 32.1 Å². The molecule has 0 fully saturated rings. The summed E-state index contributed by atoms with van der Waals surface area (Å²) >= 11 is 0. The molecule has 6 nitrogen and oxygen atoms in total. The van der Waals surface area contributed by atoms with Gasteiger partial charge in [-0.3, -0.25) is 4.79 Å². The minimum Gasteiger partial charge on any atom is -0.481 e. The van der Waals surface area contributed by atoms with Gasteiger partial charge in [0, 0.05) is 11.8 Å². The van der Waals surface area contributed by atoms with E-state index < -0.39 is 11.4 Å². The molecule has 0 aliphatic rings. The van der Waals surface area contributed by atoms with Gasteiger partial charge in [-0.15, -0.1) is 0 Å². The van der Waals surface area contributed by atoms with Crippen molar-refractivity contribution in [2.45, 2.75) is 103 Å². The number of carbonyl (C=O) groups is 1. The van der Waals surface area contributed by atoms with Gasteiger partial charge in [-0.2, -0.15) is 0 Å². The van der Waals surface area contributed by atoms with Crippen molar-refractivity contribution in [3.63, 3.8) is 0 Å². The summed E-state index contributed by atoms with van der Waals surface area (Å²) in [4.78, 5) is 10.3. The number of unbranched alkanes of at least 4 members (excludes halogenated alkanes) is 8. The summed E-state index contributed by atoms with van der Waals surface area (Å²) in [7, 11) is 0. The standard InChI is InChI=1S/C18H34O3.C5H12O3/c1-2-3-4-11-14-17(19)15-12-9-7-5-6-8-10-13-16-18(20)21;1-5(2-6,3-7)4-8/h9,12,17,19H,2-8,10-11,13-16H2,1H3,(H,20,21);6-8H,2-4H2,1H3/t17-;/m1./s1. The molecule has 29 heavy (non-hydrogen) atoms. The minimum absolute atomic E-state index is 0.172. The zero-order valence-corrected chi connectivity index (χ0v) is 18.7. The van der Waals surface area contributed by atoms with Crippen LogP contribution in [0.1, 0.15) is 97.3 Å². The summed E-state index contributed by atoms with van der Waals surface area (Å²) in [5.41, 5.74) is -0.708. The molecule has 1 atom stereocenters. The summed E-state index contributed by atoms with van der Waals surface area (Å²) in [5, 5.41) is 43.7. The maximum atomic E-state index is 10.3. The van der Waals surface area contributed by atoms with Crippen molar-refractivity contribution >= 4 is 5.97 Å². The average Bonchev–Trinajstić information content (AvgIpc) is 2.72. The maximum absolute atomic E-state index is 10.3. The van der Waals surface area contributed by atoms with Gasteiger partial charge in [-0.1, -0.05) is 70.9 Å². The predicted molar refractivity (Wildman–Crippen MR) is 118 cm³/mol. The number of aliphatic carboxylic acids is 1. The molecule has 5 N–H and O–H groups in total. The second-order valence-electron chi connectivity index (χ2n) is 8.20. The number of allylic oxidation sites excluding steroid dienone is 1. The van der Waals surface area contributed by atoms with Crippen molar-refractivity contribution in [1.82, 2.24) is 0 Å². The first-order valence-electron chi connectivity index (χ1n) is 11.2. The first kappa shape index (κ1) is 30.2. The average molecular weight is 419 g/mol. The monoisotopic (exact) mass is 418 g/mol. The second-order valence-corrected chi connectivity index (χ2v) is 8.20. The first-order valence-corrected chi connectivity index (χ1v) is 11.2. The van der Waals surface area contributed by atoms with Crippen molar-refractivity contribution in [1.29, 1.82) is 0 Å². The fraction of sp³-hybridized carbons (Fsp3) is 0.870. The largest absolute Gasteiger partial charge is 0.481 e. The van der Waals surface area contributed by atoms with Crippen LogP contribution < -0.4 is 0 Å². The van der Waals surface area contributed by atoms with E-state index in [1.165, 1.54) is 25.7 Å². The lowest BCUT2D eigenvalue weighted by atomic mass is 9.95. The molecule has 0 saturated carbocycles. The molecule has 0 aromatic rings. The molecule has 0 bridgehead atoms. The minimum atomic E-state index is -0.708. The number of rotatable bonds is 18. The smallest absolute Gasteiger partial charge is 0.303 e. The number of aliphatic hydroxyl groups is 4. The number of hydrogen-bond acceptors (Lipinski definition) is 5. The van der Waals surface area contributed by atoms with Crippen molar-refractivity contribution in [2.24, 2.45) is 5.41 Å². The Bertz CT molecular complexity index is 371. The molecule has 6 heteroatoms. The molecule has 0 rings (SSSR count). The molecule has 0 unspecified atom stereocenters. The SMILES string of the molecule is CC(CO)(CO)CO.CCCCCC[C@@H](O)CC=CCCCCCCCC(=O)O. The van der Waals surface area contributed by atoms with Crippen LogP contribution >= 0.6 is 0 Å². The van der Waals surface area contributed by atoms with E-state index in [9.17, 15) is 9.90 Å². The Balaban J connectivity index is 0. The highest BCUT2D eigenvalue weighted by Crippen LogP contribution is 2.11. The molecule has 0 aromatic carbocycles. The fourth-order valence-electron chi connectivity index (χ4n) is 2.51. The van der Waals surface area contributed by atoms with E-state index in [4.69, 9.17) is 20.4 Å². The van der Waals surface area contributed by atoms with Crippen molar-refractivity contribution in [2.75, 3.05) is 19.8 Å². The van der Waals surface area contributed by atoms with E-state index in [2.05, 4.69) is 19.1 Å². The van der Waals surface area contributed by atoms with Crippen LogP contribution in [0.15, 0.2) is 12.2 Å². The molecule has 0 aliphatic heterocycles. The Kier molecular flexibility index (Phi) is 22.7. The van der Waals surface area contributed by atoms with Crippen LogP contribution in [0.4, 0.5) is 0 Å². The Hall–Kier alpha value is -0.950. The number of carboxylic acids is 1. The maximum Gasteiger partial charge on any atom is 0.303 e. The van der Waals surface area contributed by atoms with Gasteiger partial charge in [0.05, 0.1) is 25.9 Å². The predicted octanol–water partition coefficient (Wildman–Crippen LogP) is 4.05. The lowest BCUT2D eigenvalue weighted by Crippen LogP contribution is -2.29. The van der Waals surface area contributed by atoms with E-state index >= 15 is 0 Å². The Morgan fingerprint density at radius 2 is 1.41 bits per heavy atom. The summed E-state index contributed by atoms with van der Waals surface area (Å²) in [6.45, 7) is 3.26. The third-order valence-corrected chi connectivity index (χ3v) is 4.87. The van der Waals surface area contributed by atoms with Gasteiger partial charge in [0.25, 0.3) is 0 Å². The number of hydrogen-bond donors (Lipinski definition) is 5. The van der Waals surface area contributed by atoms with Gasteiger partial charge in [-0.25, -0.2) is 0 Å². The van der Waals surface area contributed by atoms with Crippen molar-refractivity contribution in [3.05, 3.63) is 12.2 Å². The zero-order chi connectivity index (χ0) is 22.4.